The van der Waals surface area contributed by atoms with Gasteiger partial charge in [-0.2, -0.15) is 0 Å². The Morgan fingerprint density at radius 2 is 2.17 bits per heavy atom. The Morgan fingerprint density at radius 1 is 1.42 bits per heavy atom. The molecule has 0 fully saturated rings. The Hall–Kier alpha value is -2.15. The van der Waals surface area contributed by atoms with E-state index in [1.807, 2.05) is 6.92 Å². The van der Waals surface area contributed by atoms with Crippen molar-refractivity contribution in [2.45, 2.75) is 39.8 Å². The number of amides is 2. The van der Waals surface area contributed by atoms with E-state index in [1.165, 1.54) is 20.6 Å². The van der Waals surface area contributed by atoms with E-state index in [0.29, 0.717) is 25.2 Å². The van der Waals surface area contributed by atoms with Gasteiger partial charge < -0.3 is 14.8 Å². The number of carbonyl (C=O) groups excluding carboxylic acids is 1. The van der Waals surface area contributed by atoms with E-state index in [9.17, 15) is 9.59 Å². The lowest BCUT2D eigenvalue weighted by molar-refractivity contribution is 0.188. The van der Waals surface area contributed by atoms with Crippen molar-refractivity contribution in [1.29, 1.82) is 0 Å². The minimum absolute atomic E-state index is 0.0159. The number of nitrogens with zero attached hydrogens (tertiary/aromatic N) is 3. The lowest BCUT2D eigenvalue weighted by Crippen LogP contribution is -2.45. The molecule has 6 nitrogen and oxygen atoms in total. The Morgan fingerprint density at radius 3 is 2.83 bits per heavy atom. The van der Waals surface area contributed by atoms with E-state index in [0.717, 1.165) is 11.1 Å². The van der Waals surface area contributed by atoms with Crippen molar-refractivity contribution in [3.05, 3.63) is 49.3 Å². The van der Waals surface area contributed by atoms with E-state index >= 15 is 0 Å². The lowest BCUT2D eigenvalue weighted by atomic mass is 10.1. The van der Waals surface area contributed by atoms with Gasteiger partial charge in [0.15, 0.2) is 0 Å². The van der Waals surface area contributed by atoms with E-state index in [1.54, 1.807) is 23.3 Å². The summed E-state index contributed by atoms with van der Waals surface area (Å²) in [7, 11) is 1.70. The summed E-state index contributed by atoms with van der Waals surface area (Å²) in [5.41, 5.74) is 2.57. The molecular formula is C17H22N4O2S. The van der Waals surface area contributed by atoms with Crippen molar-refractivity contribution >= 4 is 17.4 Å². The summed E-state index contributed by atoms with van der Waals surface area (Å²) in [6.07, 6.45) is 2.07. The van der Waals surface area contributed by atoms with E-state index in [2.05, 4.69) is 30.2 Å². The third-order valence-electron chi connectivity index (χ3n) is 4.46. The smallest absolute Gasteiger partial charge is 0.318 e. The van der Waals surface area contributed by atoms with E-state index in [-0.39, 0.29) is 17.6 Å². The molecule has 0 aliphatic carbocycles. The van der Waals surface area contributed by atoms with Crippen LogP contribution in [0.2, 0.25) is 0 Å². The highest BCUT2D eigenvalue weighted by atomic mass is 32.1. The van der Waals surface area contributed by atoms with Gasteiger partial charge in [-0.05, 0) is 38.8 Å². The quantitative estimate of drug-likeness (QED) is 0.907. The maximum absolute atomic E-state index is 12.6. The fourth-order valence-electron chi connectivity index (χ4n) is 3.13. The van der Waals surface area contributed by atoms with Gasteiger partial charge in [0, 0.05) is 28.9 Å². The predicted octanol–water partition coefficient (Wildman–Crippen LogP) is 2.29. The predicted molar refractivity (Wildman–Crippen MR) is 94.3 cm³/mol. The molecule has 1 aliphatic heterocycles. The molecule has 1 unspecified atom stereocenters. The van der Waals surface area contributed by atoms with Crippen molar-refractivity contribution < 1.29 is 4.79 Å². The maximum Gasteiger partial charge on any atom is 0.318 e. The van der Waals surface area contributed by atoms with Crippen LogP contribution in [0.1, 0.15) is 39.5 Å². The van der Waals surface area contributed by atoms with Crippen LogP contribution in [-0.2, 0) is 20.0 Å². The zero-order valence-electron chi connectivity index (χ0n) is 14.4. The van der Waals surface area contributed by atoms with Crippen LogP contribution in [0.4, 0.5) is 4.79 Å². The largest absolute Gasteiger partial charge is 0.331 e. The topological polar surface area (TPSA) is 67.2 Å². The number of fused-ring (bicyclic) bond motifs is 1. The highest BCUT2D eigenvalue weighted by Crippen LogP contribution is 2.26. The first-order valence-electron chi connectivity index (χ1n) is 8.02. The normalized spacial score (nSPS) is 15.1. The fourth-order valence-corrected chi connectivity index (χ4v) is 4.15. The van der Waals surface area contributed by atoms with Crippen molar-refractivity contribution in [2.75, 3.05) is 6.54 Å². The number of aromatic nitrogens is 2. The summed E-state index contributed by atoms with van der Waals surface area (Å²) in [5, 5.41) is 3.06. The number of rotatable bonds is 2. The molecule has 0 bridgehead atoms. The van der Waals surface area contributed by atoms with Gasteiger partial charge in [-0.25, -0.2) is 9.78 Å². The molecule has 7 heteroatoms. The lowest BCUT2D eigenvalue weighted by Gasteiger charge is -2.29. The second kappa shape index (κ2) is 6.39. The first kappa shape index (κ1) is 16.7. The molecule has 2 amide bonds. The highest BCUT2D eigenvalue weighted by molar-refractivity contribution is 7.12. The molecule has 24 heavy (non-hydrogen) atoms. The van der Waals surface area contributed by atoms with Gasteiger partial charge in [-0.3, -0.25) is 4.79 Å². The van der Waals surface area contributed by atoms with Gasteiger partial charge in [0.1, 0.15) is 0 Å². The van der Waals surface area contributed by atoms with E-state index < -0.39 is 0 Å². The van der Waals surface area contributed by atoms with Crippen molar-refractivity contribution in [3.63, 3.8) is 0 Å². The molecule has 2 aromatic heterocycles. The molecule has 0 spiro atoms. The molecule has 1 atom stereocenters. The highest BCUT2D eigenvalue weighted by Gasteiger charge is 2.25. The van der Waals surface area contributed by atoms with Gasteiger partial charge in [-0.15, -0.1) is 11.3 Å². The molecule has 0 saturated carbocycles. The first-order chi connectivity index (χ1) is 11.4. The Labute approximate surface area is 145 Å². The molecule has 0 aromatic carbocycles. The van der Waals surface area contributed by atoms with Crippen LogP contribution < -0.4 is 10.9 Å². The van der Waals surface area contributed by atoms with Crippen molar-refractivity contribution in [2.24, 2.45) is 7.05 Å². The summed E-state index contributed by atoms with van der Waals surface area (Å²) in [5.74, 6) is 0. The van der Waals surface area contributed by atoms with Crippen LogP contribution in [0.15, 0.2) is 17.2 Å². The SMILES string of the molecule is Cc1cc(C(C)NC(=O)N2CCc3c(ncn(C)c3=O)C2)c(C)s1. The molecule has 3 rings (SSSR count). The number of thiophene rings is 1. The van der Waals surface area contributed by atoms with Crippen LogP contribution in [0.3, 0.4) is 0 Å². The summed E-state index contributed by atoms with van der Waals surface area (Å²) in [6, 6.07) is 1.97. The Balaban J connectivity index is 1.71. The number of aryl methyl sites for hydroxylation is 3. The number of carbonyl (C=O) groups is 1. The molecule has 1 aliphatic rings. The summed E-state index contributed by atoms with van der Waals surface area (Å²) in [4.78, 5) is 33.2. The molecule has 1 N–H and O–H groups in total. The van der Waals surface area contributed by atoms with Crippen molar-refractivity contribution in [1.82, 2.24) is 19.8 Å². The monoisotopic (exact) mass is 346 g/mol. The maximum atomic E-state index is 12.6. The van der Waals surface area contributed by atoms with Crippen LogP contribution >= 0.6 is 11.3 Å². The molecular weight excluding hydrogens is 324 g/mol. The average Bonchev–Trinajstić information content (AvgIpc) is 2.89. The second-order valence-electron chi connectivity index (χ2n) is 6.30. The number of nitrogens with one attached hydrogen (secondary N) is 1. The standard InChI is InChI=1S/C17H22N4O2S/c1-10-7-14(12(3)24-10)11(2)19-17(23)21-6-5-13-15(8-21)18-9-20(4)16(13)22/h7,9,11H,5-6,8H2,1-4H3,(H,19,23). The van der Waals surface area contributed by atoms with Gasteiger partial charge in [0.25, 0.3) is 5.56 Å². The van der Waals surface area contributed by atoms with Gasteiger partial charge in [-0.1, -0.05) is 0 Å². The second-order valence-corrected chi connectivity index (χ2v) is 7.76. The summed E-state index contributed by atoms with van der Waals surface area (Å²) in [6.45, 7) is 7.06. The zero-order valence-corrected chi connectivity index (χ0v) is 15.2. The zero-order chi connectivity index (χ0) is 17.4. The Bertz CT molecular complexity index is 840. The van der Waals surface area contributed by atoms with Crippen LogP contribution in [0, 0.1) is 13.8 Å². The third kappa shape index (κ3) is 3.08. The minimum atomic E-state index is -0.112. The van der Waals surface area contributed by atoms with Crippen LogP contribution in [-0.4, -0.2) is 27.0 Å². The number of urea groups is 1. The first-order valence-corrected chi connectivity index (χ1v) is 8.84. The summed E-state index contributed by atoms with van der Waals surface area (Å²) >= 11 is 1.74. The number of hydrogen-bond acceptors (Lipinski definition) is 4. The van der Waals surface area contributed by atoms with Crippen LogP contribution in [0.25, 0.3) is 0 Å². The molecule has 2 aromatic rings. The van der Waals surface area contributed by atoms with Crippen molar-refractivity contribution in [3.8, 4) is 0 Å². The fraction of sp³-hybridized carbons (Fsp3) is 0.471. The molecule has 128 valence electrons. The van der Waals surface area contributed by atoms with Gasteiger partial charge in [0.2, 0.25) is 0 Å². The Kier molecular flexibility index (Phi) is 4.45. The third-order valence-corrected chi connectivity index (χ3v) is 5.44. The minimum Gasteiger partial charge on any atom is -0.331 e. The molecule has 0 saturated heterocycles. The number of hydrogen-bond donors (Lipinski definition) is 1. The average molecular weight is 346 g/mol. The van der Waals surface area contributed by atoms with Crippen LogP contribution in [0.5, 0.6) is 0 Å². The molecule has 3 heterocycles. The van der Waals surface area contributed by atoms with E-state index in [4.69, 9.17) is 0 Å². The molecule has 0 radical (unpaired) electrons. The summed E-state index contributed by atoms with van der Waals surface area (Å²) < 4.78 is 1.48. The van der Waals surface area contributed by atoms with Gasteiger partial charge >= 0.3 is 6.03 Å². The van der Waals surface area contributed by atoms with Gasteiger partial charge in [0.05, 0.1) is 24.6 Å².